The molecule has 4 aromatic rings. The first kappa shape index (κ1) is 26.9. The van der Waals surface area contributed by atoms with E-state index in [1.54, 1.807) is 12.3 Å². The Morgan fingerprint density at radius 2 is 1.88 bits per heavy atom. The maximum absolute atomic E-state index is 15.7. The Balaban J connectivity index is 1.34. The van der Waals surface area contributed by atoms with Crippen molar-refractivity contribution in [2.45, 2.75) is 31.7 Å². The van der Waals surface area contributed by atoms with Crippen LogP contribution >= 0.6 is 11.3 Å². The van der Waals surface area contributed by atoms with Crippen molar-refractivity contribution >= 4 is 34.2 Å². The highest BCUT2D eigenvalue weighted by Gasteiger charge is 2.40. The number of carboxylic acid groups (broad SMARTS) is 1. The van der Waals surface area contributed by atoms with Crippen molar-refractivity contribution in [3.05, 3.63) is 77.6 Å². The zero-order valence-corrected chi connectivity index (χ0v) is 23.3. The van der Waals surface area contributed by atoms with E-state index in [4.69, 9.17) is 4.74 Å². The van der Waals surface area contributed by atoms with E-state index >= 15 is 4.39 Å². The number of ether oxygens (including phenoxy) is 1. The molecule has 1 N–H and O–H groups in total. The second kappa shape index (κ2) is 11.3. The predicted molar refractivity (Wildman–Crippen MR) is 156 cm³/mol. The number of carboxylic acids is 1. The number of pyridine rings is 1. The second-order valence-corrected chi connectivity index (χ2v) is 11.3. The molecule has 2 aromatic carbocycles. The molecule has 1 aliphatic heterocycles. The quantitative estimate of drug-likeness (QED) is 0.276. The van der Waals surface area contributed by atoms with Gasteiger partial charge >= 0.3 is 5.97 Å². The van der Waals surface area contributed by atoms with Gasteiger partial charge in [0.2, 0.25) is 11.0 Å². The lowest BCUT2D eigenvalue weighted by Crippen LogP contribution is -2.39. The molecule has 2 aliphatic rings. The number of fused-ring (bicyclic) bond motifs is 1. The SMILES string of the molecule is CN1CCOc2cc(-c3ccccc3-c3nc(N(C(=O)C(CC(=O)O)Cc4ccccc4)C4CC4)sc3F)cnc21. The molecule has 1 fully saturated rings. The highest BCUT2D eigenvalue weighted by molar-refractivity contribution is 7.14. The van der Waals surface area contributed by atoms with Gasteiger partial charge in [-0.05, 0) is 36.5 Å². The zero-order valence-electron chi connectivity index (χ0n) is 22.5. The number of rotatable bonds is 9. The molecule has 1 saturated carbocycles. The smallest absolute Gasteiger partial charge is 0.304 e. The van der Waals surface area contributed by atoms with Crippen LogP contribution in [0.3, 0.4) is 0 Å². The lowest BCUT2D eigenvalue weighted by molar-refractivity contribution is -0.140. The monoisotopic (exact) mass is 572 g/mol. The Kier molecular flexibility index (Phi) is 7.40. The summed E-state index contributed by atoms with van der Waals surface area (Å²) < 4.78 is 21.5. The molecule has 41 heavy (non-hydrogen) atoms. The van der Waals surface area contributed by atoms with E-state index in [1.807, 2.05) is 66.5 Å². The molecule has 1 unspecified atom stereocenters. The van der Waals surface area contributed by atoms with Crippen LogP contribution in [0.15, 0.2) is 66.9 Å². The first-order valence-electron chi connectivity index (χ1n) is 13.6. The lowest BCUT2D eigenvalue weighted by Gasteiger charge is -2.26. The predicted octanol–water partition coefficient (Wildman–Crippen LogP) is 5.67. The van der Waals surface area contributed by atoms with Gasteiger partial charge in [-0.2, -0.15) is 4.39 Å². The molecule has 0 spiro atoms. The number of anilines is 2. The Morgan fingerprint density at radius 1 is 1.15 bits per heavy atom. The van der Waals surface area contributed by atoms with Gasteiger partial charge in [0.25, 0.3) is 0 Å². The van der Waals surface area contributed by atoms with Gasteiger partial charge in [0.15, 0.2) is 16.7 Å². The fraction of sp³-hybridized carbons (Fsp3) is 0.290. The van der Waals surface area contributed by atoms with Gasteiger partial charge < -0.3 is 14.7 Å². The number of thiazole rings is 1. The van der Waals surface area contributed by atoms with Gasteiger partial charge in [0, 0.05) is 30.4 Å². The molecule has 3 heterocycles. The molecule has 6 rings (SSSR count). The summed E-state index contributed by atoms with van der Waals surface area (Å²) in [5, 5.41) is 9.32. The van der Waals surface area contributed by atoms with E-state index < -0.39 is 17.0 Å². The zero-order chi connectivity index (χ0) is 28.5. The van der Waals surface area contributed by atoms with Crippen LogP contribution in [0.5, 0.6) is 5.75 Å². The molecule has 10 heteroatoms. The van der Waals surface area contributed by atoms with Gasteiger partial charge in [-0.25, -0.2) is 9.97 Å². The molecule has 1 aliphatic carbocycles. The number of benzene rings is 2. The summed E-state index contributed by atoms with van der Waals surface area (Å²) in [6.45, 7) is 1.30. The first-order chi connectivity index (χ1) is 19.9. The van der Waals surface area contributed by atoms with Gasteiger partial charge in [-0.1, -0.05) is 65.9 Å². The number of carbonyl (C=O) groups is 2. The molecule has 0 radical (unpaired) electrons. The Hall–Kier alpha value is -4.31. The second-order valence-electron chi connectivity index (χ2n) is 10.4. The molecule has 0 saturated heterocycles. The lowest BCUT2D eigenvalue weighted by atomic mass is 9.94. The maximum atomic E-state index is 15.7. The van der Waals surface area contributed by atoms with E-state index in [0.29, 0.717) is 17.9 Å². The van der Waals surface area contributed by atoms with Crippen molar-refractivity contribution in [1.29, 1.82) is 0 Å². The third-order valence-electron chi connectivity index (χ3n) is 7.40. The van der Waals surface area contributed by atoms with E-state index in [2.05, 4.69) is 9.97 Å². The van der Waals surface area contributed by atoms with Gasteiger partial charge in [-0.15, -0.1) is 0 Å². The highest BCUT2D eigenvalue weighted by Crippen LogP contribution is 2.42. The van der Waals surface area contributed by atoms with E-state index in [-0.39, 0.29) is 35.6 Å². The topological polar surface area (TPSA) is 95.9 Å². The first-order valence-corrected chi connectivity index (χ1v) is 14.4. The highest BCUT2D eigenvalue weighted by atomic mass is 32.1. The third-order valence-corrected chi connectivity index (χ3v) is 8.24. The Morgan fingerprint density at radius 3 is 2.61 bits per heavy atom. The van der Waals surface area contributed by atoms with Gasteiger partial charge in [0.05, 0.1) is 18.9 Å². The fourth-order valence-corrected chi connectivity index (χ4v) is 6.08. The number of carbonyl (C=O) groups excluding carboxylic acids is 1. The molecule has 2 aromatic heterocycles. The summed E-state index contributed by atoms with van der Waals surface area (Å²) in [6.07, 6.45) is 3.23. The largest absolute Gasteiger partial charge is 0.488 e. The van der Waals surface area contributed by atoms with Crippen molar-refractivity contribution in [2.24, 2.45) is 5.92 Å². The number of aromatic nitrogens is 2. The van der Waals surface area contributed by atoms with Crippen LogP contribution in [0.1, 0.15) is 24.8 Å². The van der Waals surface area contributed by atoms with Crippen LogP contribution in [0, 0.1) is 11.0 Å². The maximum Gasteiger partial charge on any atom is 0.304 e. The number of hydrogen-bond donors (Lipinski definition) is 1. The third kappa shape index (κ3) is 5.65. The van der Waals surface area contributed by atoms with Crippen molar-refractivity contribution in [1.82, 2.24) is 9.97 Å². The van der Waals surface area contributed by atoms with Crippen LogP contribution in [-0.4, -0.2) is 53.2 Å². The van der Waals surface area contributed by atoms with E-state index in [0.717, 1.165) is 53.2 Å². The van der Waals surface area contributed by atoms with E-state index in [1.165, 1.54) is 4.90 Å². The molecular weight excluding hydrogens is 543 g/mol. The van der Waals surface area contributed by atoms with Crippen LogP contribution in [0.2, 0.25) is 0 Å². The molecule has 8 nitrogen and oxygen atoms in total. The Labute approximate surface area is 241 Å². The summed E-state index contributed by atoms with van der Waals surface area (Å²) in [5.41, 5.74) is 3.10. The summed E-state index contributed by atoms with van der Waals surface area (Å²) in [7, 11) is 1.96. The summed E-state index contributed by atoms with van der Waals surface area (Å²) in [4.78, 5) is 38.4. The number of hydrogen-bond acceptors (Lipinski definition) is 7. The fourth-order valence-electron chi connectivity index (χ4n) is 5.19. The standard InChI is InChI=1S/C31H29FN4O4S/c1-35-13-14-40-25-16-21(18-33-29(25)35)23-9-5-6-10-24(23)27-28(32)41-31(34-27)36(22-11-12-22)30(39)20(17-26(37)38)15-19-7-3-2-4-8-19/h2-10,16,18,20,22H,11-15,17H2,1H3,(H,37,38). The summed E-state index contributed by atoms with van der Waals surface area (Å²) >= 11 is 0.816. The minimum absolute atomic E-state index is 0.123. The van der Waals surface area contributed by atoms with Gasteiger partial charge in [-0.3, -0.25) is 14.5 Å². The summed E-state index contributed by atoms with van der Waals surface area (Å²) in [5.74, 6) is -0.766. The van der Waals surface area contributed by atoms with Crippen molar-refractivity contribution < 1.29 is 23.8 Å². The van der Waals surface area contributed by atoms with Crippen LogP contribution in [0.25, 0.3) is 22.4 Å². The average Bonchev–Trinajstić information content (AvgIpc) is 3.73. The number of amides is 1. The summed E-state index contributed by atoms with van der Waals surface area (Å²) in [6, 6.07) is 18.5. The molecule has 1 amide bonds. The van der Waals surface area contributed by atoms with Crippen molar-refractivity contribution in [2.75, 3.05) is 30.0 Å². The van der Waals surface area contributed by atoms with Gasteiger partial charge in [0.1, 0.15) is 12.3 Å². The number of likely N-dealkylation sites (N-methyl/N-ethyl adjacent to an activating group) is 1. The minimum Gasteiger partial charge on any atom is -0.488 e. The van der Waals surface area contributed by atoms with Crippen LogP contribution in [-0.2, 0) is 16.0 Å². The van der Waals surface area contributed by atoms with Crippen molar-refractivity contribution in [3.8, 4) is 28.1 Å². The molecular formula is C31H29FN4O4S. The van der Waals surface area contributed by atoms with Crippen LogP contribution in [0.4, 0.5) is 15.3 Å². The van der Waals surface area contributed by atoms with E-state index in [9.17, 15) is 14.7 Å². The molecule has 0 bridgehead atoms. The van der Waals surface area contributed by atoms with Crippen molar-refractivity contribution in [3.63, 3.8) is 0 Å². The number of aliphatic carboxylic acids is 1. The minimum atomic E-state index is -1.05. The number of halogens is 1. The normalized spacial score (nSPS) is 15.1. The average molecular weight is 573 g/mol. The molecule has 1 atom stereocenters. The van der Waals surface area contributed by atoms with Crippen LogP contribution < -0.4 is 14.5 Å². The number of nitrogens with zero attached hydrogens (tertiary/aromatic N) is 4. The Bertz CT molecular complexity index is 1590. The molecule has 210 valence electrons.